The molecule has 0 radical (unpaired) electrons. The molecule has 0 nitrogen and oxygen atoms in total. The van der Waals surface area contributed by atoms with Crippen molar-refractivity contribution in [2.75, 3.05) is 0 Å². The van der Waals surface area contributed by atoms with Crippen LogP contribution >= 0.6 is 0 Å². The van der Waals surface area contributed by atoms with E-state index in [9.17, 15) is 0 Å². The van der Waals surface area contributed by atoms with Crippen LogP contribution < -0.4 is 0 Å². The number of hydrogen-bond acceptors (Lipinski definition) is 0. The molecular formula is C3H6Fe. The summed E-state index contributed by atoms with van der Waals surface area (Å²) < 4.78 is 0. The van der Waals surface area contributed by atoms with Crippen molar-refractivity contribution in [3.05, 3.63) is 12.7 Å². The van der Waals surface area contributed by atoms with Gasteiger partial charge < -0.3 is 0 Å². The summed E-state index contributed by atoms with van der Waals surface area (Å²) in [5.74, 6) is 0. The maximum atomic E-state index is 3.36. The van der Waals surface area contributed by atoms with Crippen LogP contribution in [0.4, 0.5) is 0 Å². The first-order valence-corrected chi connectivity index (χ1v) is 0.986. The van der Waals surface area contributed by atoms with E-state index >= 15 is 0 Å². The van der Waals surface area contributed by atoms with Crippen LogP contribution in [0.15, 0.2) is 12.7 Å². The second-order valence-corrected chi connectivity index (χ2v) is 0.408. The average molecular weight is 97.9 g/mol. The summed E-state index contributed by atoms with van der Waals surface area (Å²) in [5.41, 5.74) is 0. The third-order valence-corrected chi connectivity index (χ3v) is 0. The maximum Gasteiger partial charge on any atom is 0 e. The Labute approximate surface area is 37.4 Å². The molecular weight excluding hydrogens is 91.9 g/mol. The van der Waals surface area contributed by atoms with Crippen molar-refractivity contribution in [2.45, 2.75) is 6.92 Å². The zero-order chi connectivity index (χ0) is 2.71. The summed E-state index contributed by atoms with van der Waals surface area (Å²) in [5, 5.41) is 0. The molecule has 0 aliphatic rings. The Hall–Kier alpha value is 0.259. The molecule has 0 fully saturated rings. The van der Waals surface area contributed by atoms with Crippen LogP contribution in [0, 0.1) is 0 Å². The second kappa shape index (κ2) is 10.5. The molecule has 0 unspecified atom stereocenters. The zero-order valence-electron chi connectivity index (χ0n) is 2.64. The summed E-state index contributed by atoms with van der Waals surface area (Å²) >= 11 is 0. The van der Waals surface area contributed by atoms with Crippen LogP contribution in [0.5, 0.6) is 0 Å². The van der Waals surface area contributed by atoms with Crippen LogP contribution in [0.25, 0.3) is 0 Å². The number of allylic oxidation sites excluding steroid dienone is 1. The smallest absolute Gasteiger partial charge is 0 e. The summed E-state index contributed by atoms with van der Waals surface area (Å²) in [6.07, 6.45) is 1.75. The van der Waals surface area contributed by atoms with Gasteiger partial charge in [-0.25, -0.2) is 0 Å². The normalized spacial score (nSPS) is 3.25. The molecule has 0 aliphatic carbocycles. The number of hydrogen-bond donors (Lipinski definition) is 0. The molecule has 0 bridgehead atoms. The monoisotopic (exact) mass is 98.0 g/mol. The van der Waals surface area contributed by atoms with Gasteiger partial charge in [0.05, 0.1) is 0 Å². The molecule has 0 aromatic rings. The quantitative estimate of drug-likeness (QED) is 0.315. The van der Waals surface area contributed by atoms with Crippen LogP contribution in [0.3, 0.4) is 0 Å². The van der Waals surface area contributed by atoms with Crippen molar-refractivity contribution in [1.29, 1.82) is 0 Å². The summed E-state index contributed by atoms with van der Waals surface area (Å²) in [7, 11) is 0. The van der Waals surface area contributed by atoms with Gasteiger partial charge in [0, 0.05) is 17.1 Å². The largest absolute Gasteiger partial charge is 0.103 e. The Morgan fingerprint density at radius 3 is 1.75 bits per heavy atom. The van der Waals surface area contributed by atoms with Crippen molar-refractivity contribution in [1.82, 2.24) is 0 Å². The van der Waals surface area contributed by atoms with Crippen LogP contribution in [0.2, 0.25) is 0 Å². The molecule has 1 heteroatoms. The molecule has 0 aromatic heterocycles. The molecule has 4 heavy (non-hydrogen) atoms. The summed E-state index contributed by atoms with van der Waals surface area (Å²) in [4.78, 5) is 0. The SMILES string of the molecule is C=CC.[Fe]. The minimum absolute atomic E-state index is 0. The Bertz CT molecular complexity index is 10.8. The molecule has 0 atom stereocenters. The fraction of sp³-hybridized carbons (Fsp3) is 0.333. The standard InChI is InChI=1S/C3H6.Fe/c1-3-2;/h3H,1H2,2H3;. The first-order chi connectivity index (χ1) is 1.41. The van der Waals surface area contributed by atoms with Gasteiger partial charge in [-0.15, -0.1) is 6.58 Å². The molecule has 0 saturated heterocycles. The molecule has 0 saturated carbocycles. The maximum absolute atomic E-state index is 3.36. The van der Waals surface area contributed by atoms with Gasteiger partial charge in [-0.1, -0.05) is 6.08 Å². The van der Waals surface area contributed by atoms with E-state index in [1.807, 2.05) is 6.92 Å². The predicted molar refractivity (Wildman–Crippen MR) is 15.9 cm³/mol. The van der Waals surface area contributed by atoms with Gasteiger partial charge in [-0.05, 0) is 6.92 Å². The van der Waals surface area contributed by atoms with Gasteiger partial charge in [-0.3, -0.25) is 0 Å². The minimum Gasteiger partial charge on any atom is -0.103 e. The van der Waals surface area contributed by atoms with Crippen molar-refractivity contribution >= 4 is 0 Å². The van der Waals surface area contributed by atoms with Gasteiger partial charge >= 0.3 is 0 Å². The molecule has 0 amide bonds. The third-order valence-electron chi connectivity index (χ3n) is 0. The van der Waals surface area contributed by atoms with Gasteiger partial charge in [0.2, 0.25) is 0 Å². The number of rotatable bonds is 0. The third kappa shape index (κ3) is 53.2. The fourth-order valence-electron chi connectivity index (χ4n) is 0. The van der Waals surface area contributed by atoms with Gasteiger partial charge in [0.1, 0.15) is 0 Å². The van der Waals surface area contributed by atoms with E-state index in [1.165, 1.54) is 0 Å². The molecule has 0 heterocycles. The van der Waals surface area contributed by atoms with Crippen LogP contribution in [-0.2, 0) is 17.1 Å². The van der Waals surface area contributed by atoms with Gasteiger partial charge in [0.25, 0.3) is 0 Å². The van der Waals surface area contributed by atoms with Crippen molar-refractivity contribution in [2.24, 2.45) is 0 Å². The Morgan fingerprint density at radius 1 is 1.75 bits per heavy atom. The van der Waals surface area contributed by atoms with Crippen molar-refractivity contribution < 1.29 is 17.1 Å². The summed E-state index contributed by atoms with van der Waals surface area (Å²) in [6, 6.07) is 0. The van der Waals surface area contributed by atoms with Crippen molar-refractivity contribution in [3.8, 4) is 0 Å². The first kappa shape index (κ1) is 8.86. The van der Waals surface area contributed by atoms with Crippen LogP contribution in [0.1, 0.15) is 6.92 Å². The molecule has 0 N–H and O–H groups in total. The second-order valence-electron chi connectivity index (χ2n) is 0.408. The molecule has 0 spiro atoms. The topological polar surface area (TPSA) is 0 Å². The van der Waals surface area contributed by atoms with E-state index < -0.39 is 0 Å². The van der Waals surface area contributed by atoms with Crippen molar-refractivity contribution in [3.63, 3.8) is 0 Å². The average Bonchev–Trinajstić information content (AvgIpc) is 0.918. The van der Waals surface area contributed by atoms with E-state index in [1.54, 1.807) is 6.08 Å². The molecule has 0 aliphatic heterocycles. The first-order valence-electron chi connectivity index (χ1n) is 0.986. The fourth-order valence-corrected chi connectivity index (χ4v) is 0. The predicted octanol–water partition coefficient (Wildman–Crippen LogP) is 1.19. The van der Waals surface area contributed by atoms with Gasteiger partial charge in [-0.2, -0.15) is 0 Å². The van der Waals surface area contributed by atoms with E-state index in [-0.39, 0.29) is 17.1 Å². The Kier molecular flexibility index (Phi) is 23.2. The Morgan fingerprint density at radius 2 is 1.75 bits per heavy atom. The van der Waals surface area contributed by atoms with E-state index in [0.717, 1.165) is 0 Å². The van der Waals surface area contributed by atoms with E-state index in [2.05, 4.69) is 6.58 Å². The van der Waals surface area contributed by atoms with Gasteiger partial charge in [0.15, 0.2) is 0 Å². The van der Waals surface area contributed by atoms with E-state index in [4.69, 9.17) is 0 Å². The molecule has 0 rings (SSSR count). The summed E-state index contributed by atoms with van der Waals surface area (Å²) in [6.45, 7) is 5.25. The zero-order valence-corrected chi connectivity index (χ0v) is 3.74. The minimum atomic E-state index is 0. The molecule has 26 valence electrons. The van der Waals surface area contributed by atoms with Crippen LogP contribution in [-0.4, -0.2) is 0 Å². The van der Waals surface area contributed by atoms with E-state index in [0.29, 0.717) is 0 Å². The molecule has 0 aromatic carbocycles. The Balaban J connectivity index is 0.